The molecule has 0 saturated carbocycles. The number of aliphatic carboxylic acids is 1. The van der Waals surface area contributed by atoms with Crippen molar-refractivity contribution in [2.45, 2.75) is 68.7 Å². The zero-order chi connectivity index (χ0) is 37.1. The third kappa shape index (κ3) is 11.1. The minimum Gasteiger partial charge on any atom is -0.481 e. The summed E-state index contributed by atoms with van der Waals surface area (Å²) in [5.74, 6) is -4.72. The number of hydrogen-bond acceptors (Lipinski definition) is 18. The quantitative estimate of drug-likeness (QED) is 0.0439. The van der Waals surface area contributed by atoms with Crippen LogP contribution in [0.15, 0.2) is 52.2 Å². The Kier molecular flexibility index (Phi) is 14.5. The first-order chi connectivity index (χ1) is 23.6. The Morgan fingerprint density at radius 2 is 1.58 bits per heavy atom. The molecular formula is C28H37N4O17P. The number of esters is 1. The van der Waals surface area contributed by atoms with Crippen molar-refractivity contribution in [2.75, 3.05) is 20.8 Å². The van der Waals surface area contributed by atoms with Crippen LogP contribution in [0.5, 0.6) is 5.75 Å². The molecule has 1 aliphatic heterocycles. The molecule has 276 valence electrons. The molecule has 0 bridgehead atoms. The summed E-state index contributed by atoms with van der Waals surface area (Å²) in [6.07, 6.45) is -5.92. The summed E-state index contributed by atoms with van der Waals surface area (Å²) in [6.45, 7) is 0.0832. The van der Waals surface area contributed by atoms with Crippen LogP contribution in [0.2, 0.25) is 0 Å². The Bertz CT molecular complexity index is 1650. The Morgan fingerprint density at radius 3 is 2.12 bits per heavy atom. The fraction of sp³-hybridized carbons (Fsp3) is 0.500. The van der Waals surface area contributed by atoms with Gasteiger partial charge in [0.2, 0.25) is 0 Å². The topological polar surface area (TPSA) is 290 Å². The van der Waals surface area contributed by atoms with Crippen molar-refractivity contribution in [1.29, 1.82) is 0 Å². The van der Waals surface area contributed by atoms with Crippen molar-refractivity contribution < 1.29 is 71.8 Å². The van der Waals surface area contributed by atoms with Gasteiger partial charge in [-0.2, -0.15) is 11.0 Å². The van der Waals surface area contributed by atoms with E-state index in [4.69, 9.17) is 33.0 Å². The molecule has 1 aromatic heterocycles. The molecule has 21 nitrogen and oxygen atoms in total. The van der Waals surface area contributed by atoms with Gasteiger partial charge in [-0.1, -0.05) is 18.2 Å². The Balaban J connectivity index is 1.82. The van der Waals surface area contributed by atoms with E-state index in [0.29, 0.717) is 0 Å². The molecule has 0 radical (unpaired) electrons. The van der Waals surface area contributed by atoms with Gasteiger partial charge in [0, 0.05) is 25.1 Å². The van der Waals surface area contributed by atoms with Gasteiger partial charge in [0.05, 0.1) is 20.8 Å². The zero-order valence-electron chi connectivity index (χ0n) is 26.9. The van der Waals surface area contributed by atoms with E-state index < -0.39 is 105 Å². The summed E-state index contributed by atoms with van der Waals surface area (Å²) >= 11 is 0. The second-order valence-corrected chi connectivity index (χ2v) is 12.3. The van der Waals surface area contributed by atoms with Crippen molar-refractivity contribution in [2.24, 2.45) is 0 Å². The summed E-state index contributed by atoms with van der Waals surface area (Å²) in [5, 5.41) is 30.8. The number of carbonyl (C=O) groups excluding carboxylic acids is 3. The van der Waals surface area contributed by atoms with E-state index >= 15 is 0 Å². The van der Waals surface area contributed by atoms with Gasteiger partial charge >= 0.3 is 37.4 Å². The largest absolute Gasteiger partial charge is 0.592 e. The number of phosphoric ester groups is 1. The van der Waals surface area contributed by atoms with Gasteiger partial charge in [-0.05, 0) is 31.9 Å². The van der Waals surface area contributed by atoms with Crippen LogP contribution in [0.3, 0.4) is 0 Å². The van der Waals surface area contributed by atoms with Gasteiger partial charge in [-0.3, -0.25) is 28.5 Å². The highest BCUT2D eigenvalue weighted by Crippen LogP contribution is 2.51. The lowest BCUT2D eigenvalue weighted by molar-refractivity contribution is -0.148. The van der Waals surface area contributed by atoms with Gasteiger partial charge in [0.15, 0.2) is 6.23 Å². The van der Waals surface area contributed by atoms with Crippen molar-refractivity contribution in [3.8, 4) is 5.75 Å². The Labute approximate surface area is 282 Å². The SMILES string of the molecule is CON[C@@H](CCC(=O)O)C(=O)OP(=O)(OC[C@H]1O[C@@H](n2ccc(=O)[nH]c2=O)[C@](C)(O)[C@@H]1O)OC(=O)[C@H](CCC(=O)Oc1ccccc1)NOC. The van der Waals surface area contributed by atoms with Crippen LogP contribution in [0, 0.1) is 0 Å². The van der Waals surface area contributed by atoms with Crippen LogP contribution in [0.25, 0.3) is 0 Å². The minimum atomic E-state index is -5.41. The number of ether oxygens (including phenoxy) is 2. The van der Waals surface area contributed by atoms with Crippen molar-refractivity contribution in [1.82, 2.24) is 20.5 Å². The highest BCUT2D eigenvalue weighted by molar-refractivity contribution is 7.49. The van der Waals surface area contributed by atoms with Crippen molar-refractivity contribution >= 4 is 31.7 Å². The van der Waals surface area contributed by atoms with Crippen LogP contribution < -0.4 is 26.9 Å². The number of hydrogen-bond donors (Lipinski definition) is 6. The number of carboxylic acids is 1. The van der Waals surface area contributed by atoms with Gasteiger partial charge in [0.1, 0.15) is 35.6 Å². The van der Waals surface area contributed by atoms with E-state index in [2.05, 4.69) is 15.8 Å². The number of aliphatic hydroxyl groups is 2. The molecule has 7 atom stereocenters. The predicted molar refractivity (Wildman–Crippen MR) is 164 cm³/mol. The molecule has 22 heteroatoms. The van der Waals surface area contributed by atoms with Crippen molar-refractivity contribution in [3.05, 3.63) is 63.4 Å². The highest BCUT2D eigenvalue weighted by Gasteiger charge is 2.54. The number of para-hydroxylation sites is 1. The van der Waals surface area contributed by atoms with Crippen molar-refractivity contribution in [3.63, 3.8) is 0 Å². The summed E-state index contributed by atoms with van der Waals surface area (Å²) in [6, 6.07) is 5.84. The number of rotatable bonds is 19. The molecule has 1 aromatic carbocycles. The lowest BCUT2D eigenvalue weighted by atomic mass is 9.96. The number of carbonyl (C=O) groups is 4. The first kappa shape index (κ1) is 40.1. The third-order valence-corrected chi connectivity index (χ3v) is 8.28. The van der Waals surface area contributed by atoms with Gasteiger partial charge in [-0.15, -0.1) is 0 Å². The molecule has 0 aliphatic carbocycles. The molecule has 6 N–H and O–H groups in total. The summed E-state index contributed by atoms with van der Waals surface area (Å²) in [7, 11) is -3.19. The molecule has 1 fully saturated rings. The normalized spacial score (nSPS) is 22.5. The number of aromatic amines is 1. The van der Waals surface area contributed by atoms with E-state index in [1.165, 1.54) is 12.1 Å². The molecule has 1 saturated heterocycles. The molecule has 1 unspecified atom stereocenters. The third-order valence-electron chi connectivity index (χ3n) is 7.01. The van der Waals surface area contributed by atoms with Gasteiger partial charge in [-0.25, -0.2) is 18.9 Å². The Morgan fingerprint density at radius 1 is 1.00 bits per heavy atom. The van der Waals surface area contributed by atoms with Gasteiger partial charge in [0.25, 0.3) is 5.56 Å². The van der Waals surface area contributed by atoms with Crippen LogP contribution in [0.4, 0.5) is 0 Å². The molecule has 2 heterocycles. The lowest BCUT2D eigenvalue weighted by Gasteiger charge is -2.27. The average Bonchev–Trinajstić information content (AvgIpc) is 3.27. The summed E-state index contributed by atoms with van der Waals surface area (Å²) < 4.78 is 40.6. The molecule has 0 amide bonds. The highest BCUT2D eigenvalue weighted by atomic mass is 31.2. The van der Waals surface area contributed by atoms with E-state index in [1.54, 1.807) is 18.2 Å². The monoisotopic (exact) mass is 732 g/mol. The van der Waals surface area contributed by atoms with E-state index in [1.807, 2.05) is 4.98 Å². The number of carboxylic acid groups (broad SMARTS) is 1. The number of aromatic nitrogens is 2. The van der Waals surface area contributed by atoms with Gasteiger partial charge < -0.3 is 43.5 Å². The van der Waals surface area contributed by atoms with E-state index in [-0.39, 0.29) is 12.2 Å². The standard InChI is InChI=1S/C28H37N4O17P/c1-28(41)23(37)19(47-26(28)32-14-13-20(33)29-27(32)40)15-45-50(42,48-24(38)17(30-43-2)9-11-21(34)35)49-25(39)18(31-44-3)10-12-22(36)46-16-7-5-4-6-8-16/h4-8,13-14,17-19,23,26,30-31,37,41H,9-12,15H2,1-3H3,(H,34,35)(H,29,33,40)/t17-,18-,19+,23+,26+,28+,50?/m0/s1. The number of phosphoric acid groups is 1. The second-order valence-electron chi connectivity index (χ2n) is 10.8. The number of aliphatic hydroxyl groups excluding tert-OH is 1. The number of nitrogens with one attached hydrogen (secondary N) is 3. The molecular weight excluding hydrogens is 695 g/mol. The fourth-order valence-electron chi connectivity index (χ4n) is 4.51. The first-order valence-electron chi connectivity index (χ1n) is 14.7. The Hall–Kier alpha value is -4.31. The predicted octanol–water partition coefficient (Wildman–Crippen LogP) is -0.953. The molecule has 3 rings (SSSR count). The average molecular weight is 733 g/mol. The molecule has 1 aliphatic rings. The van der Waals surface area contributed by atoms with Crippen LogP contribution in [-0.2, 0) is 51.7 Å². The maximum absolute atomic E-state index is 13.9. The lowest BCUT2D eigenvalue weighted by Crippen LogP contribution is -2.46. The zero-order valence-corrected chi connectivity index (χ0v) is 27.8. The number of benzene rings is 1. The minimum absolute atomic E-state index is 0.228. The van der Waals surface area contributed by atoms with Crippen LogP contribution >= 0.6 is 7.82 Å². The number of H-pyrrole nitrogens is 1. The molecule has 50 heavy (non-hydrogen) atoms. The molecule has 0 spiro atoms. The maximum atomic E-state index is 13.9. The van der Waals surface area contributed by atoms with Crippen LogP contribution in [-0.4, -0.2) is 99.5 Å². The first-order valence-corrected chi connectivity index (χ1v) is 16.2. The summed E-state index contributed by atoms with van der Waals surface area (Å²) in [4.78, 5) is 85.0. The summed E-state index contributed by atoms with van der Waals surface area (Å²) in [5.41, 5.74) is 0.427. The number of nitrogens with zero attached hydrogens (tertiary/aromatic N) is 1. The maximum Gasteiger partial charge on any atom is 0.592 e. The molecule has 2 aromatic rings. The smallest absolute Gasteiger partial charge is 0.481 e. The van der Waals surface area contributed by atoms with E-state index in [9.17, 15) is 43.5 Å². The van der Waals surface area contributed by atoms with E-state index in [0.717, 1.165) is 38.0 Å². The number of hydroxylamine groups is 2. The van der Waals surface area contributed by atoms with Crippen LogP contribution in [0.1, 0.15) is 38.8 Å². The fourth-order valence-corrected chi connectivity index (χ4v) is 5.68. The second kappa shape index (κ2) is 18.1.